The number of anilines is 2. The molecule has 1 aliphatic carbocycles. The van der Waals surface area contributed by atoms with E-state index in [1.807, 2.05) is 38.3 Å². The minimum atomic E-state index is -0.326. The molecular weight excluding hydrogens is 418 g/mol. The van der Waals surface area contributed by atoms with Crippen molar-refractivity contribution in [1.82, 2.24) is 0 Å². The number of carbonyl (C=O) groups is 1. The number of amides is 1. The maximum absolute atomic E-state index is 12.5. The van der Waals surface area contributed by atoms with E-state index in [0.29, 0.717) is 17.3 Å². The van der Waals surface area contributed by atoms with Crippen LogP contribution < -0.4 is 10.2 Å². The molecule has 1 fully saturated rings. The van der Waals surface area contributed by atoms with Crippen LogP contribution in [0.25, 0.3) is 0 Å². The van der Waals surface area contributed by atoms with Crippen molar-refractivity contribution in [1.29, 1.82) is 0 Å². The number of nitrogens with one attached hydrogen (secondary N) is 1. The molecule has 168 valence electrons. The van der Waals surface area contributed by atoms with E-state index in [9.17, 15) is 4.79 Å². The van der Waals surface area contributed by atoms with E-state index in [1.165, 1.54) is 17.5 Å². The standard InChI is InChI=1S/C25H31N5OS/c1-6-30(15-19-10-8-7-9-11-19)20-12-13-21(22(14-20)27-23(31)17(2)3)28-29-25-18(4)24(25,5)16-26-32-25/h7-14,16-18H,6,15H2,1-5H3,(H,27,31)/t18-,24?,25?/m0/s1. The largest absolute Gasteiger partial charge is 0.367 e. The molecule has 1 saturated carbocycles. The highest BCUT2D eigenvalue weighted by Crippen LogP contribution is 2.72. The summed E-state index contributed by atoms with van der Waals surface area (Å²) in [4.78, 5) is 14.5. The predicted octanol–water partition coefficient (Wildman–Crippen LogP) is 6.48. The number of carbonyl (C=O) groups excluding carboxylic acids is 1. The van der Waals surface area contributed by atoms with Gasteiger partial charge in [0.2, 0.25) is 5.91 Å². The van der Waals surface area contributed by atoms with Crippen LogP contribution in [0.4, 0.5) is 17.1 Å². The molecule has 0 spiro atoms. The summed E-state index contributed by atoms with van der Waals surface area (Å²) in [5.41, 5.74) is 3.59. The second kappa shape index (κ2) is 8.70. The molecule has 7 heteroatoms. The summed E-state index contributed by atoms with van der Waals surface area (Å²) in [7, 11) is 0. The first-order valence-corrected chi connectivity index (χ1v) is 12.0. The Morgan fingerprint density at radius 2 is 2.00 bits per heavy atom. The molecule has 2 aromatic carbocycles. The fourth-order valence-corrected chi connectivity index (χ4v) is 5.40. The Hall–Kier alpha value is -2.67. The fourth-order valence-electron chi connectivity index (χ4n) is 4.12. The van der Waals surface area contributed by atoms with E-state index in [4.69, 9.17) is 5.11 Å². The molecule has 0 bridgehead atoms. The summed E-state index contributed by atoms with van der Waals surface area (Å²) in [6, 6.07) is 16.4. The SMILES string of the molecule is CCN(Cc1ccccc1)c1ccc(N=NC23SN=CC2(C)[C@@H]3C)c(NC(=O)C(C)C)c1. The van der Waals surface area contributed by atoms with Crippen LogP contribution in [0.3, 0.4) is 0 Å². The Morgan fingerprint density at radius 3 is 2.62 bits per heavy atom. The van der Waals surface area contributed by atoms with Crippen molar-refractivity contribution in [2.75, 3.05) is 16.8 Å². The molecule has 3 atom stereocenters. The molecule has 0 radical (unpaired) electrons. The molecular formula is C25H31N5OS. The molecule has 0 saturated heterocycles. The lowest BCUT2D eigenvalue weighted by molar-refractivity contribution is -0.118. The molecule has 1 amide bonds. The third-order valence-corrected chi connectivity index (χ3v) is 8.08. The molecule has 32 heavy (non-hydrogen) atoms. The van der Waals surface area contributed by atoms with Gasteiger partial charge in [-0.25, -0.2) is 4.40 Å². The van der Waals surface area contributed by atoms with Crippen molar-refractivity contribution in [2.45, 2.75) is 46.0 Å². The summed E-state index contributed by atoms with van der Waals surface area (Å²) in [6.07, 6.45) is 1.99. The van der Waals surface area contributed by atoms with Crippen molar-refractivity contribution in [3.8, 4) is 0 Å². The van der Waals surface area contributed by atoms with Crippen molar-refractivity contribution >= 4 is 41.1 Å². The highest BCUT2D eigenvalue weighted by molar-refractivity contribution is 8.00. The van der Waals surface area contributed by atoms with Crippen LogP contribution in [0.1, 0.15) is 40.2 Å². The normalized spacial score (nSPS) is 25.9. The average molecular weight is 450 g/mol. The van der Waals surface area contributed by atoms with Gasteiger partial charge in [-0.2, -0.15) is 10.2 Å². The van der Waals surface area contributed by atoms with Gasteiger partial charge in [0, 0.05) is 54.2 Å². The lowest BCUT2D eigenvalue weighted by Crippen LogP contribution is -2.22. The lowest BCUT2D eigenvalue weighted by Gasteiger charge is -2.24. The van der Waals surface area contributed by atoms with Gasteiger partial charge in [0.15, 0.2) is 4.87 Å². The monoisotopic (exact) mass is 449 g/mol. The lowest BCUT2D eigenvalue weighted by atomic mass is 10.1. The molecule has 2 aliphatic rings. The number of rotatable bonds is 8. The number of hydrogen-bond acceptors (Lipinski definition) is 6. The van der Waals surface area contributed by atoms with E-state index >= 15 is 0 Å². The molecule has 6 nitrogen and oxygen atoms in total. The van der Waals surface area contributed by atoms with E-state index in [1.54, 1.807) is 0 Å². The maximum atomic E-state index is 12.5. The Kier molecular flexibility index (Phi) is 6.12. The van der Waals surface area contributed by atoms with E-state index in [-0.39, 0.29) is 22.1 Å². The summed E-state index contributed by atoms with van der Waals surface area (Å²) >= 11 is 1.50. The zero-order valence-corrected chi connectivity index (χ0v) is 20.2. The quantitative estimate of drug-likeness (QED) is 0.370. The summed E-state index contributed by atoms with van der Waals surface area (Å²) < 4.78 is 4.36. The van der Waals surface area contributed by atoms with Gasteiger partial charge >= 0.3 is 0 Å². The second-order valence-electron chi connectivity index (χ2n) is 9.07. The first-order valence-electron chi connectivity index (χ1n) is 11.2. The number of hydrogen-bond donors (Lipinski definition) is 1. The van der Waals surface area contributed by atoms with Crippen molar-refractivity contribution in [2.24, 2.45) is 31.9 Å². The van der Waals surface area contributed by atoms with E-state index < -0.39 is 0 Å². The molecule has 1 heterocycles. The van der Waals surface area contributed by atoms with Crippen molar-refractivity contribution in [3.05, 3.63) is 54.1 Å². The predicted molar refractivity (Wildman–Crippen MR) is 134 cm³/mol. The van der Waals surface area contributed by atoms with Crippen LogP contribution in [0.15, 0.2) is 63.2 Å². The molecule has 2 aromatic rings. The van der Waals surface area contributed by atoms with Gasteiger partial charge < -0.3 is 10.2 Å². The van der Waals surface area contributed by atoms with Gasteiger partial charge in [0.1, 0.15) is 5.69 Å². The van der Waals surface area contributed by atoms with Gasteiger partial charge in [-0.05, 0) is 30.7 Å². The van der Waals surface area contributed by atoms with Gasteiger partial charge in [0.05, 0.1) is 5.69 Å². The maximum Gasteiger partial charge on any atom is 0.226 e. The summed E-state index contributed by atoms with van der Waals surface area (Å²) in [5.74, 6) is 0.223. The Balaban J connectivity index is 1.63. The highest BCUT2D eigenvalue weighted by atomic mass is 32.2. The third-order valence-electron chi connectivity index (χ3n) is 6.72. The zero-order chi connectivity index (χ0) is 22.9. The fraction of sp³-hybridized carbons (Fsp3) is 0.440. The molecule has 0 aromatic heterocycles. The molecule has 2 unspecified atom stereocenters. The van der Waals surface area contributed by atoms with Gasteiger partial charge in [-0.15, -0.1) is 0 Å². The van der Waals surface area contributed by atoms with Crippen LogP contribution in [-0.4, -0.2) is 23.5 Å². The van der Waals surface area contributed by atoms with E-state index in [2.05, 4.69) is 70.8 Å². The van der Waals surface area contributed by atoms with Crippen LogP contribution in [0.2, 0.25) is 0 Å². The smallest absolute Gasteiger partial charge is 0.226 e. The second-order valence-corrected chi connectivity index (χ2v) is 10.1. The molecule has 1 aliphatic heterocycles. The minimum absolute atomic E-state index is 0.0360. The van der Waals surface area contributed by atoms with E-state index in [0.717, 1.165) is 18.8 Å². The summed E-state index contributed by atoms with van der Waals surface area (Å²) in [6.45, 7) is 11.9. The van der Waals surface area contributed by atoms with Crippen LogP contribution in [0, 0.1) is 17.3 Å². The highest BCUT2D eigenvalue weighted by Gasteiger charge is 2.76. The zero-order valence-electron chi connectivity index (χ0n) is 19.4. The topological polar surface area (TPSA) is 69.4 Å². The summed E-state index contributed by atoms with van der Waals surface area (Å²) in [5, 5.41) is 12.4. The Morgan fingerprint density at radius 1 is 1.25 bits per heavy atom. The van der Waals surface area contributed by atoms with Gasteiger partial charge in [-0.1, -0.05) is 58.0 Å². The molecule has 1 N–H and O–H groups in total. The average Bonchev–Trinajstić information content (AvgIpc) is 3.05. The molecule has 4 rings (SSSR count). The Labute approximate surface area is 194 Å². The minimum Gasteiger partial charge on any atom is -0.367 e. The number of fused-ring (bicyclic) bond motifs is 1. The van der Waals surface area contributed by atoms with Crippen LogP contribution >= 0.6 is 11.9 Å². The number of benzene rings is 2. The van der Waals surface area contributed by atoms with Gasteiger partial charge in [0.25, 0.3) is 0 Å². The van der Waals surface area contributed by atoms with Crippen molar-refractivity contribution in [3.63, 3.8) is 0 Å². The third kappa shape index (κ3) is 3.94. The first-order chi connectivity index (χ1) is 15.3. The van der Waals surface area contributed by atoms with Gasteiger partial charge in [-0.3, -0.25) is 4.79 Å². The van der Waals surface area contributed by atoms with Crippen molar-refractivity contribution < 1.29 is 4.79 Å². The number of nitrogens with zero attached hydrogens (tertiary/aromatic N) is 4. The first kappa shape index (κ1) is 22.5. The van der Waals surface area contributed by atoms with Crippen LogP contribution in [0.5, 0.6) is 0 Å². The Bertz CT molecular complexity index is 1050. The van der Waals surface area contributed by atoms with Crippen LogP contribution in [-0.2, 0) is 11.3 Å². The number of azo groups is 1.